The van der Waals surface area contributed by atoms with Crippen molar-refractivity contribution in [2.75, 3.05) is 44.4 Å². The molecule has 2 fully saturated rings. The number of nitro groups is 1. The summed E-state index contributed by atoms with van der Waals surface area (Å²) in [5.74, 6) is 1.19. The first kappa shape index (κ1) is 30.3. The van der Waals surface area contributed by atoms with Crippen LogP contribution in [0.5, 0.6) is 11.5 Å². The lowest BCUT2D eigenvalue weighted by Crippen LogP contribution is -2.36. The molecule has 3 aromatic carbocycles. The molecule has 1 amide bonds. The number of carbonyl (C=O) groups excluding carboxylic acids is 1. The number of nitro benzene ring substituents is 1. The number of benzene rings is 3. The monoisotopic (exact) mass is 610 g/mol. The van der Waals surface area contributed by atoms with Crippen LogP contribution in [0, 0.1) is 16.0 Å². The molecule has 1 aliphatic carbocycles. The minimum atomic E-state index is -0.418. The van der Waals surface area contributed by atoms with E-state index in [-0.39, 0.29) is 29.1 Å². The Balaban J connectivity index is 1.38. The highest BCUT2D eigenvalue weighted by molar-refractivity contribution is 6.09. The number of nitrogens with zero attached hydrogens (tertiary/aromatic N) is 4. The van der Waals surface area contributed by atoms with Gasteiger partial charge in [0.25, 0.3) is 11.6 Å². The van der Waals surface area contributed by atoms with Crippen LogP contribution >= 0.6 is 0 Å². The number of hydrazone groups is 1. The van der Waals surface area contributed by atoms with Crippen molar-refractivity contribution in [2.45, 2.75) is 39.2 Å². The predicted molar refractivity (Wildman–Crippen MR) is 173 cm³/mol. The van der Waals surface area contributed by atoms with Crippen LogP contribution in [0.4, 0.5) is 11.4 Å². The molecule has 2 atom stereocenters. The Morgan fingerprint density at radius 2 is 1.67 bits per heavy atom. The van der Waals surface area contributed by atoms with Gasteiger partial charge in [-0.25, -0.2) is 5.01 Å². The third-order valence-electron chi connectivity index (χ3n) is 8.55. The zero-order valence-corrected chi connectivity index (χ0v) is 25.7. The van der Waals surface area contributed by atoms with Gasteiger partial charge in [-0.1, -0.05) is 24.3 Å². The van der Waals surface area contributed by atoms with Crippen molar-refractivity contribution in [3.05, 3.63) is 99.1 Å². The van der Waals surface area contributed by atoms with Gasteiger partial charge >= 0.3 is 0 Å². The quantitative estimate of drug-likeness (QED) is 0.197. The Labute approximate surface area is 263 Å². The summed E-state index contributed by atoms with van der Waals surface area (Å²) in [4.78, 5) is 28.0. The van der Waals surface area contributed by atoms with Crippen molar-refractivity contribution in [2.24, 2.45) is 11.0 Å². The zero-order valence-electron chi connectivity index (χ0n) is 25.7. The molecule has 1 saturated heterocycles. The maximum Gasteiger partial charge on any atom is 0.293 e. The molecule has 2 aliphatic heterocycles. The predicted octanol–water partition coefficient (Wildman–Crippen LogP) is 6.67. The van der Waals surface area contributed by atoms with Gasteiger partial charge in [0, 0.05) is 30.6 Å². The fourth-order valence-corrected chi connectivity index (χ4v) is 6.46. The van der Waals surface area contributed by atoms with Crippen LogP contribution in [0.1, 0.15) is 60.6 Å². The summed E-state index contributed by atoms with van der Waals surface area (Å²) in [6.45, 7) is 7.17. The molecule has 3 aromatic rings. The standard InChI is InChI=1S/C35H38N4O6/c1-3-44-28-13-8-24(9-14-28)22-26-6-5-7-30-33(26)36-38(34(30)25-10-15-29(16-11-25)45-4-2)35(40)27-12-17-31(32(23-27)39(41)42)37-18-20-43-21-19-37/h8-17,22-23,30,34H,3-7,18-21H2,1-2H3/b26-22-/t30-,34-/m0/s1. The number of fused-ring (bicyclic) bond motifs is 1. The molecule has 45 heavy (non-hydrogen) atoms. The summed E-state index contributed by atoms with van der Waals surface area (Å²) in [5, 5.41) is 18.7. The normalized spacial score (nSPS) is 20.5. The summed E-state index contributed by atoms with van der Waals surface area (Å²) < 4.78 is 16.7. The van der Waals surface area contributed by atoms with Gasteiger partial charge in [-0.3, -0.25) is 14.9 Å². The maximum absolute atomic E-state index is 14.3. The largest absolute Gasteiger partial charge is 0.494 e. The molecule has 2 heterocycles. The lowest BCUT2D eigenvalue weighted by Gasteiger charge is -2.30. The second kappa shape index (κ2) is 13.5. The van der Waals surface area contributed by atoms with E-state index in [1.54, 1.807) is 17.1 Å². The number of rotatable bonds is 9. The molecule has 0 spiro atoms. The highest BCUT2D eigenvalue weighted by Crippen LogP contribution is 2.45. The molecule has 10 nitrogen and oxygen atoms in total. The minimum absolute atomic E-state index is 0.0165. The van der Waals surface area contributed by atoms with E-state index < -0.39 is 4.92 Å². The maximum atomic E-state index is 14.3. The first-order valence-electron chi connectivity index (χ1n) is 15.7. The van der Waals surface area contributed by atoms with E-state index in [0.29, 0.717) is 45.2 Å². The third-order valence-corrected chi connectivity index (χ3v) is 8.55. The third kappa shape index (κ3) is 6.42. The molecular weight excluding hydrogens is 572 g/mol. The van der Waals surface area contributed by atoms with Gasteiger partial charge in [-0.2, -0.15) is 5.10 Å². The van der Waals surface area contributed by atoms with Gasteiger partial charge in [0.1, 0.15) is 17.2 Å². The van der Waals surface area contributed by atoms with E-state index in [9.17, 15) is 14.9 Å². The number of amides is 1. The second-order valence-electron chi connectivity index (χ2n) is 11.3. The molecule has 0 N–H and O–H groups in total. The number of carbonyl (C=O) groups is 1. The van der Waals surface area contributed by atoms with Crippen molar-refractivity contribution < 1.29 is 23.9 Å². The number of anilines is 1. The van der Waals surface area contributed by atoms with Crippen molar-refractivity contribution in [3.63, 3.8) is 0 Å². The molecule has 6 rings (SSSR count). The van der Waals surface area contributed by atoms with Gasteiger partial charge in [0.15, 0.2) is 0 Å². The van der Waals surface area contributed by atoms with E-state index in [0.717, 1.165) is 53.2 Å². The number of allylic oxidation sites excluding steroid dienone is 1. The van der Waals surface area contributed by atoms with E-state index >= 15 is 0 Å². The number of morpholine rings is 1. The molecule has 0 bridgehead atoms. The Kier molecular flexibility index (Phi) is 9.11. The summed E-state index contributed by atoms with van der Waals surface area (Å²) in [6, 6.07) is 20.2. The molecule has 0 unspecified atom stereocenters. The summed E-state index contributed by atoms with van der Waals surface area (Å²) in [7, 11) is 0. The summed E-state index contributed by atoms with van der Waals surface area (Å²) >= 11 is 0. The Bertz CT molecular complexity index is 1600. The van der Waals surface area contributed by atoms with Crippen LogP contribution < -0.4 is 14.4 Å². The Morgan fingerprint density at radius 3 is 2.31 bits per heavy atom. The molecule has 0 aromatic heterocycles. The minimum Gasteiger partial charge on any atom is -0.494 e. The summed E-state index contributed by atoms with van der Waals surface area (Å²) in [5.41, 5.74) is 4.59. The van der Waals surface area contributed by atoms with Crippen LogP contribution in [0.3, 0.4) is 0 Å². The molecule has 234 valence electrons. The van der Waals surface area contributed by atoms with Gasteiger partial charge in [-0.15, -0.1) is 0 Å². The van der Waals surface area contributed by atoms with Crippen LogP contribution in [-0.4, -0.2) is 61.1 Å². The van der Waals surface area contributed by atoms with E-state index in [2.05, 4.69) is 6.08 Å². The number of ether oxygens (including phenoxy) is 3. The van der Waals surface area contributed by atoms with E-state index in [1.807, 2.05) is 67.3 Å². The van der Waals surface area contributed by atoms with Crippen molar-refractivity contribution >= 4 is 29.1 Å². The first-order chi connectivity index (χ1) is 22.0. The lowest BCUT2D eigenvalue weighted by atomic mass is 9.77. The van der Waals surface area contributed by atoms with Crippen LogP contribution in [0.2, 0.25) is 0 Å². The zero-order chi connectivity index (χ0) is 31.3. The smallest absolute Gasteiger partial charge is 0.293 e. The van der Waals surface area contributed by atoms with Crippen LogP contribution in [0.15, 0.2) is 77.4 Å². The second-order valence-corrected chi connectivity index (χ2v) is 11.3. The van der Waals surface area contributed by atoms with E-state index in [4.69, 9.17) is 19.3 Å². The SMILES string of the molecule is CCOc1ccc(/C=C2/CCC[C@H]3C2=NN(C(=O)c2ccc(N4CCOCC4)c([N+](=O)[O-])c2)[C@H]3c2ccc(OCC)cc2)cc1. The van der Waals surface area contributed by atoms with Crippen LogP contribution in [-0.2, 0) is 4.74 Å². The number of hydrogen-bond acceptors (Lipinski definition) is 8. The fourth-order valence-electron chi connectivity index (χ4n) is 6.46. The van der Waals surface area contributed by atoms with Gasteiger partial charge in [-0.05, 0) is 92.3 Å². The van der Waals surface area contributed by atoms with Gasteiger partial charge < -0.3 is 19.1 Å². The average Bonchev–Trinajstić information content (AvgIpc) is 3.47. The van der Waals surface area contributed by atoms with Crippen molar-refractivity contribution in [3.8, 4) is 11.5 Å². The fraction of sp³-hybridized carbons (Fsp3) is 0.371. The van der Waals surface area contributed by atoms with Crippen molar-refractivity contribution in [1.82, 2.24) is 5.01 Å². The van der Waals surface area contributed by atoms with Gasteiger partial charge in [0.2, 0.25) is 0 Å². The average molecular weight is 611 g/mol. The van der Waals surface area contributed by atoms with Crippen LogP contribution in [0.25, 0.3) is 6.08 Å². The molecular formula is C35H38N4O6. The molecule has 10 heteroatoms. The molecule has 0 radical (unpaired) electrons. The number of hydrogen-bond donors (Lipinski definition) is 0. The molecule has 1 saturated carbocycles. The van der Waals surface area contributed by atoms with Gasteiger partial charge in [0.05, 0.1) is 43.1 Å². The van der Waals surface area contributed by atoms with E-state index in [1.165, 1.54) is 6.07 Å². The van der Waals surface area contributed by atoms with Crippen molar-refractivity contribution in [1.29, 1.82) is 0 Å². The Hall–Kier alpha value is -4.70. The summed E-state index contributed by atoms with van der Waals surface area (Å²) in [6.07, 6.45) is 4.82. The lowest BCUT2D eigenvalue weighted by molar-refractivity contribution is -0.384. The first-order valence-corrected chi connectivity index (χ1v) is 15.7. The Morgan fingerprint density at radius 1 is 1.00 bits per heavy atom. The topological polar surface area (TPSA) is 107 Å². The molecule has 3 aliphatic rings. The highest BCUT2D eigenvalue weighted by atomic mass is 16.6. The highest BCUT2D eigenvalue weighted by Gasteiger charge is 2.44.